The lowest BCUT2D eigenvalue weighted by Gasteiger charge is -2.02. The van der Waals surface area contributed by atoms with E-state index in [1.165, 1.54) is 0 Å². The summed E-state index contributed by atoms with van der Waals surface area (Å²) < 4.78 is 5.10. The minimum atomic E-state index is 0.521. The fourth-order valence-electron chi connectivity index (χ4n) is 1.36. The van der Waals surface area contributed by atoms with Gasteiger partial charge in [0.2, 0.25) is 0 Å². The number of fused-ring (bicyclic) bond motifs is 1. The lowest BCUT2D eigenvalue weighted by atomic mass is 10.1. The second-order valence-electron chi connectivity index (χ2n) is 3.04. The number of hydrogen-bond acceptors (Lipinski definition) is 2. The van der Waals surface area contributed by atoms with Gasteiger partial charge in [-0.3, -0.25) is 4.98 Å². The Kier molecular flexibility index (Phi) is 2.55. The fraction of sp³-hybridized carbons (Fsp3) is 0.182. The molecule has 0 N–H and O–H groups in total. The largest absolute Gasteiger partial charge is 0.495 e. The Morgan fingerprint density at radius 3 is 2.93 bits per heavy atom. The molecule has 3 heteroatoms. The molecule has 1 aromatic carbocycles. The summed E-state index contributed by atoms with van der Waals surface area (Å²) in [5.41, 5.74) is 2.05. The molecule has 0 atom stereocenters. The van der Waals surface area contributed by atoms with Crippen molar-refractivity contribution in [2.75, 3.05) is 7.11 Å². The quantitative estimate of drug-likeness (QED) is 0.707. The molecule has 0 bridgehead atoms. The van der Waals surface area contributed by atoms with Gasteiger partial charge in [0.1, 0.15) is 5.75 Å². The molecular weight excluding hydrogens is 198 g/mol. The van der Waals surface area contributed by atoms with E-state index in [1.807, 2.05) is 24.3 Å². The normalized spacial score (nSPS) is 10.4. The van der Waals surface area contributed by atoms with Crippen LogP contribution in [0, 0.1) is 0 Å². The average molecular weight is 208 g/mol. The van der Waals surface area contributed by atoms with Crippen molar-refractivity contribution in [3.8, 4) is 5.75 Å². The highest BCUT2D eigenvalue weighted by Gasteiger charge is 1.98. The van der Waals surface area contributed by atoms with Gasteiger partial charge in [0.15, 0.2) is 0 Å². The van der Waals surface area contributed by atoms with Crippen molar-refractivity contribution in [2.24, 2.45) is 0 Å². The monoisotopic (exact) mass is 207 g/mol. The maximum atomic E-state index is 5.75. The zero-order valence-corrected chi connectivity index (χ0v) is 8.58. The topological polar surface area (TPSA) is 22.1 Å². The Labute approximate surface area is 87.5 Å². The number of rotatable bonds is 2. The Balaban J connectivity index is 2.60. The highest BCUT2D eigenvalue weighted by Crippen LogP contribution is 2.19. The molecule has 14 heavy (non-hydrogen) atoms. The van der Waals surface area contributed by atoms with Crippen LogP contribution in [0.4, 0.5) is 0 Å². The minimum Gasteiger partial charge on any atom is -0.495 e. The van der Waals surface area contributed by atoms with E-state index in [4.69, 9.17) is 16.3 Å². The molecule has 0 aliphatic rings. The van der Waals surface area contributed by atoms with E-state index in [2.05, 4.69) is 4.98 Å². The molecule has 72 valence electrons. The van der Waals surface area contributed by atoms with Crippen molar-refractivity contribution >= 4 is 22.5 Å². The highest BCUT2D eigenvalue weighted by atomic mass is 35.5. The summed E-state index contributed by atoms with van der Waals surface area (Å²) in [6.45, 7) is 0. The van der Waals surface area contributed by atoms with E-state index in [1.54, 1.807) is 13.3 Å². The maximum Gasteiger partial charge on any atom is 0.137 e. The summed E-state index contributed by atoms with van der Waals surface area (Å²) >= 11 is 5.75. The first-order chi connectivity index (χ1) is 6.83. The Morgan fingerprint density at radius 1 is 1.36 bits per heavy atom. The maximum absolute atomic E-state index is 5.75. The predicted molar refractivity (Wildman–Crippen MR) is 57.9 cm³/mol. The van der Waals surface area contributed by atoms with Crippen molar-refractivity contribution < 1.29 is 4.74 Å². The zero-order valence-electron chi connectivity index (χ0n) is 7.83. The molecular formula is C11H10ClNO. The van der Waals surface area contributed by atoms with Gasteiger partial charge in [-0.2, -0.15) is 0 Å². The van der Waals surface area contributed by atoms with E-state index in [-0.39, 0.29) is 0 Å². The van der Waals surface area contributed by atoms with Crippen LogP contribution in [0.25, 0.3) is 10.9 Å². The molecule has 0 aliphatic heterocycles. The first-order valence-electron chi connectivity index (χ1n) is 4.32. The van der Waals surface area contributed by atoms with E-state index in [9.17, 15) is 0 Å². The molecule has 0 saturated carbocycles. The molecule has 1 heterocycles. The Hall–Kier alpha value is -1.28. The van der Waals surface area contributed by atoms with Gasteiger partial charge in [-0.05, 0) is 23.8 Å². The van der Waals surface area contributed by atoms with Gasteiger partial charge < -0.3 is 4.74 Å². The number of pyridine rings is 1. The van der Waals surface area contributed by atoms with Crippen LogP contribution in [0.3, 0.4) is 0 Å². The molecule has 2 nitrogen and oxygen atoms in total. The number of nitrogens with zero attached hydrogens (tertiary/aromatic N) is 1. The first kappa shape index (κ1) is 9.28. The van der Waals surface area contributed by atoms with Crippen LogP contribution in [0.5, 0.6) is 5.75 Å². The molecule has 0 amide bonds. The van der Waals surface area contributed by atoms with Crippen LogP contribution in [0.2, 0.25) is 0 Å². The van der Waals surface area contributed by atoms with Gasteiger partial charge in [-0.1, -0.05) is 6.07 Å². The number of alkyl halides is 1. The SMILES string of the molecule is COc1cnc2ccc(CCl)cc2c1. The highest BCUT2D eigenvalue weighted by molar-refractivity contribution is 6.17. The number of benzene rings is 1. The summed E-state index contributed by atoms with van der Waals surface area (Å²) in [5.74, 6) is 1.29. The molecule has 0 fully saturated rings. The third-order valence-electron chi connectivity index (χ3n) is 2.11. The van der Waals surface area contributed by atoms with E-state index >= 15 is 0 Å². The van der Waals surface area contributed by atoms with Crippen LogP contribution in [-0.4, -0.2) is 12.1 Å². The van der Waals surface area contributed by atoms with Gasteiger partial charge in [0.25, 0.3) is 0 Å². The van der Waals surface area contributed by atoms with Crippen LogP contribution < -0.4 is 4.74 Å². The molecule has 0 spiro atoms. The van der Waals surface area contributed by atoms with Gasteiger partial charge >= 0.3 is 0 Å². The summed E-state index contributed by atoms with van der Waals surface area (Å²) in [6.07, 6.45) is 1.71. The Morgan fingerprint density at radius 2 is 2.21 bits per heavy atom. The van der Waals surface area contributed by atoms with Gasteiger partial charge in [-0.15, -0.1) is 11.6 Å². The van der Waals surface area contributed by atoms with E-state index < -0.39 is 0 Å². The summed E-state index contributed by atoms with van der Waals surface area (Å²) in [6, 6.07) is 7.93. The van der Waals surface area contributed by atoms with E-state index in [0.717, 1.165) is 22.2 Å². The van der Waals surface area contributed by atoms with E-state index in [0.29, 0.717) is 5.88 Å². The summed E-state index contributed by atoms with van der Waals surface area (Å²) in [5, 5.41) is 1.06. The summed E-state index contributed by atoms with van der Waals surface area (Å²) in [7, 11) is 1.63. The van der Waals surface area contributed by atoms with Crippen molar-refractivity contribution in [3.05, 3.63) is 36.0 Å². The van der Waals surface area contributed by atoms with Crippen molar-refractivity contribution in [2.45, 2.75) is 5.88 Å². The zero-order chi connectivity index (χ0) is 9.97. The standard InChI is InChI=1S/C11H10ClNO/c1-14-10-5-9-4-8(6-12)2-3-11(9)13-7-10/h2-5,7H,6H2,1H3. The van der Waals surface area contributed by atoms with Crippen molar-refractivity contribution in [3.63, 3.8) is 0 Å². The molecule has 0 aliphatic carbocycles. The Bertz CT molecular complexity index is 417. The third-order valence-corrected chi connectivity index (χ3v) is 2.42. The lowest BCUT2D eigenvalue weighted by molar-refractivity contribution is 0.414. The van der Waals surface area contributed by atoms with Crippen LogP contribution in [-0.2, 0) is 5.88 Å². The fourth-order valence-corrected chi connectivity index (χ4v) is 1.52. The van der Waals surface area contributed by atoms with Gasteiger partial charge in [0.05, 0.1) is 18.8 Å². The second kappa shape index (κ2) is 3.84. The number of methoxy groups -OCH3 is 1. The molecule has 0 radical (unpaired) electrons. The number of halogens is 1. The first-order valence-corrected chi connectivity index (χ1v) is 4.85. The third kappa shape index (κ3) is 1.66. The average Bonchev–Trinajstić information content (AvgIpc) is 2.27. The minimum absolute atomic E-state index is 0.521. The van der Waals surface area contributed by atoms with Crippen molar-refractivity contribution in [1.29, 1.82) is 0 Å². The molecule has 2 aromatic rings. The molecule has 1 aromatic heterocycles. The van der Waals surface area contributed by atoms with Gasteiger partial charge in [-0.25, -0.2) is 0 Å². The number of ether oxygens (including phenoxy) is 1. The van der Waals surface area contributed by atoms with Gasteiger partial charge in [0, 0.05) is 11.3 Å². The summed E-state index contributed by atoms with van der Waals surface area (Å²) in [4.78, 5) is 4.26. The second-order valence-corrected chi connectivity index (χ2v) is 3.30. The predicted octanol–water partition coefficient (Wildman–Crippen LogP) is 2.98. The van der Waals surface area contributed by atoms with Crippen LogP contribution in [0.1, 0.15) is 5.56 Å². The number of aromatic nitrogens is 1. The molecule has 2 rings (SSSR count). The van der Waals surface area contributed by atoms with Crippen molar-refractivity contribution in [1.82, 2.24) is 4.98 Å². The molecule has 0 unspecified atom stereocenters. The lowest BCUT2D eigenvalue weighted by Crippen LogP contribution is -1.86. The number of hydrogen-bond donors (Lipinski definition) is 0. The smallest absolute Gasteiger partial charge is 0.137 e. The van der Waals surface area contributed by atoms with Crippen LogP contribution >= 0.6 is 11.6 Å². The molecule has 0 saturated heterocycles. The van der Waals surface area contributed by atoms with Crippen LogP contribution in [0.15, 0.2) is 30.5 Å².